The Bertz CT molecular complexity index is 509. The number of carboxylic acids is 1. The number of nitrogens with zero attached hydrogens (tertiary/aromatic N) is 1. The molecule has 1 saturated heterocycles. The summed E-state index contributed by atoms with van der Waals surface area (Å²) in [5, 5.41) is 10.9. The Morgan fingerprint density at radius 3 is 2.86 bits per heavy atom. The molecule has 0 radical (unpaired) electrons. The lowest BCUT2D eigenvalue weighted by atomic mass is 10.0. The summed E-state index contributed by atoms with van der Waals surface area (Å²) in [4.78, 5) is 36.0. The van der Waals surface area contributed by atoms with Crippen molar-refractivity contribution in [1.82, 2.24) is 10.2 Å². The van der Waals surface area contributed by atoms with Gasteiger partial charge >= 0.3 is 5.97 Å². The summed E-state index contributed by atoms with van der Waals surface area (Å²) < 4.78 is 5.40. The van der Waals surface area contributed by atoms with Crippen LogP contribution in [0.2, 0.25) is 0 Å². The molecule has 2 heterocycles. The zero-order valence-electron chi connectivity index (χ0n) is 12.6. The van der Waals surface area contributed by atoms with E-state index in [9.17, 15) is 19.5 Å². The molecule has 0 aromatic carbocycles. The van der Waals surface area contributed by atoms with Crippen molar-refractivity contribution >= 4 is 29.9 Å². The zero-order chi connectivity index (χ0) is 16.3. The third-order valence-electron chi connectivity index (χ3n) is 3.86. The lowest BCUT2D eigenvalue weighted by Crippen LogP contribution is -2.79. The molecule has 2 aliphatic rings. The van der Waals surface area contributed by atoms with Crippen LogP contribution in [0.3, 0.4) is 0 Å². The summed E-state index contributed by atoms with van der Waals surface area (Å²) in [5.41, 5.74) is -1.13. The second kappa shape index (κ2) is 6.80. The molecule has 0 bridgehead atoms. The summed E-state index contributed by atoms with van der Waals surface area (Å²) >= 11 is 1.04. The maximum absolute atomic E-state index is 12.4. The third kappa shape index (κ3) is 2.66. The van der Waals surface area contributed by atoms with Gasteiger partial charge in [-0.05, 0) is 13.0 Å². The van der Waals surface area contributed by atoms with Gasteiger partial charge in [-0.2, -0.15) is 0 Å². The van der Waals surface area contributed by atoms with Crippen molar-refractivity contribution in [2.24, 2.45) is 0 Å². The van der Waals surface area contributed by atoms with Gasteiger partial charge in [0.25, 0.3) is 5.91 Å². The SMILES string of the molecule is CCCCCNC1(OC)C(=O)N2C=C(C=O)C(C(=O)O)S[C@@H]21. The van der Waals surface area contributed by atoms with E-state index in [1.54, 1.807) is 0 Å². The number of aliphatic carboxylic acids is 1. The van der Waals surface area contributed by atoms with Crippen LogP contribution in [-0.4, -0.2) is 58.2 Å². The van der Waals surface area contributed by atoms with Crippen LogP contribution in [0, 0.1) is 0 Å². The highest BCUT2D eigenvalue weighted by Crippen LogP contribution is 2.46. The molecular weight excluding hydrogens is 308 g/mol. The number of thioether (sulfide) groups is 1. The van der Waals surface area contributed by atoms with Crippen LogP contribution in [0.25, 0.3) is 0 Å². The lowest BCUT2D eigenvalue weighted by molar-refractivity contribution is -0.187. The number of carbonyl (C=O) groups is 3. The Kier molecular flexibility index (Phi) is 5.25. The fraction of sp³-hybridized carbons (Fsp3) is 0.643. The zero-order valence-corrected chi connectivity index (χ0v) is 13.4. The first-order valence-electron chi connectivity index (χ1n) is 7.20. The summed E-state index contributed by atoms with van der Waals surface area (Å²) in [6.45, 7) is 2.70. The average molecular weight is 328 g/mol. The van der Waals surface area contributed by atoms with Crippen molar-refractivity contribution in [2.75, 3.05) is 13.7 Å². The number of hydrogen-bond acceptors (Lipinski definition) is 6. The minimum Gasteiger partial charge on any atom is -0.480 e. The van der Waals surface area contributed by atoms with E-state index < -0.39 is 22.3 Å². The van der Waals surface area contributed by atoms with Crippen LogP contribution in [-0.2, 0) is 19.1 Å². The summed E-state index contributed by atoms with van der Waals surface area (Å²) in [7, 11) is 1.43. The second-order valence-corrected chi connectivity index (χ2v) is 6.43. The van der Waals surface area contributed by atoms with Gasteiger partial charge in [-0.25, -0.2) is 0 Å². The van der Waals surface area contributed by atoms with Crippen LogP contribution in [0.15, 0.2) is 11.8 Å². The van der Waals surface area contributed by atoms with E-state index in [4.69, 9.17) is 4.74 Å². The number of ether oxygens (including phenoxy) is 1. The molecule has 2 N–H and O–H groups in total. The Morgan fingerprint density at radius 1 is 1.59 bits per heavy atom. The van der Waals surface area contributed by atoms with E-state index in [1.807, 2.05) is 0 Å². The molecule has 0 aromatic rings. The van der Waals surface area contributed by atoms with Gasteiger partial charge in [0.15, 0.2) is 0 Å². The molecule has 0 aliphatic carbocycles. The number of fused-ring (bicyclic) bond motifs is 1. The van der Waals surface area contributed by atoms with Crippen molar-refractivity contribution in [1.29, 1.82) is 0 Å². The van der Waals surface area contributed by atoms with Gasteiger partial charge in [-0.3, -0.25) is 24.6 Å². The fourth-order valence-electron chi connectivity index (χ4n) is 2.62. The quantitative estimate of drug-likeness (QED) is 0.291. The molecular formula is C14H20N2O5S. The maximum atomic E-state index is 12.4. The topological polar surface area (TPSA) is 95.9 Å². The van der Waals surface area contributed by atoms with Gasteiger partial charge in [-0.15, -0.1) is 11.8 Å². The van der Waals surface area contributed by atoms with E-state index in [0.717, 1.165) is 31.0 Å². The van der Waals surface area contributed by atoms with Gasteiger partial charge < -0.3 is 9.84 Å². The van der Waals surface area contributed by atoms with Crippen LogP contribution >= 0.6 is 11.8 Å². The molecule has 2 unspecified atom stereocenters. The number of carbonyl (C=O) groups excluding carboxylic acids is 2. The molecule has 0 aromatic heterocycles. The lowest BCUT2D eigenvalue weighted by Gasteiger charge is -2.55. The monoisotopic (exact) mass is 328 g/mol. The smallest absolute Gasteiger partial charge is 0.321 e. The van der Waals surface area contributed by atoms with Gasteiger partial charge in [0, 0.05) is 18.9 Å². The van der Waals surface area contributed by atoms with E-state index in [-0.39, 0.29) is 11.5 Å². The highest BCUT2D eigenvalue weighted by molar-refractivity contribution is 8.01. The molecule has 2 rings (SSSR count). The van der Waals surface area contributed by atoms with Crippen molar-refractivity contribution in [3.63, 3.8) is 0 Å². The number of β-lactam (4-membered cyclic amide) rings is 1. The van der Waals surface area contributed by atoms with Gasteiger partial charge in [0.05, 0.1) is 0 Å². The third-order valence-corrected chi connectivity index (χ3v) is 5.42. The van der Waals surface area contributed by atoms with Crippen molar-refractivity contribution in [3.05, 3.63) is 11.8 Å². The minimum absolute atomic E-state index is 0.0813. The Morgan fingerprint density at radius 2 is 2.32 bits per heavy atom. The van der Waals surface area contributed by atoms with E-state index >= 15 is 0 Å². The predicted octanol–water partition coefficient (Wildman–Crippen LogP) is 0.560. The number of methoxy groups -OCH3 is 1. The van der Waals surface area contributed by atoms with Crippen molar-refractivity contribution in [3.8, 4) is 0 Å². The number of amides is 1. The largest absolute Gasteiger partial charge is 0.480 e. The van der Waals surface area contributed by atoms with Gasteiger partial charge in [0.2, 0.25) is 5.72 Å². The molecule has 3 atom stereocenters. The first-order chi connectivity index (χ1) is 10.5. The molecule has 0 spiro atoms. The molecule has 2 aliphatic heterocycles. The number of carboxylic acid groups (broad SMARTS) is 1. The van der Waals surface area contributed by atoms with E-state index in [1.165, 1.54) is 18.2 Å². The first kappa shape index (κ1) is 17.0. The highest BCUT2D eigenvalue weighted by atomic mass is 32.2. The van der Waals surface area contributed by atoms with Crippen molar-refractivity contribution in [2.45, 2.75) is 42.5 Å². The Balaban J connectivity index is 2.16. The van der Waals surface area contributed by atoms with Gasteiger partial charge in [0.1, 0.15) is 16.9 Å². The molecule has 1 amide bonds. The van der Waals surface area contributed by atoms with Crippen LogP contribution in [0.5, 0.6) is 0 Å². The van der Waals surface area contributed by atoms with E-state index in [2.05, 4.69) is 12.2 Å². The number of aldehydes is 1. The molecule has 122 valence electrons. The number of nitrogens with one attached hydrogen (secondary N) is 1. The van der Waals surface area contributed by atoms with Gasteiger partial charge in [-0.1, -0.05) is 19.8 Å². The Labute approximate surface area is 133 Å². The fourth-order valence-corrected chi connectivity index (χ4v) is 4.03. The molecule has 1 fully saturated rings. The van der Waals surface area contributed by atoms with Crippen molar-refractivity contribution < 1.29 is 24.2 Å². The summed E-state index contributed by atoms with van der Waals surface area (Å²) in [6.07, 6.45) is 4.81. The first-order valence-corrected chi connectivity index (χ1v) is 8.14. The standard InChI is InChI=1S/C14H20N2O5S/c1-3-4-5-6-15-14(21-2)12(20)16-7-9(8-17)10(11(18)19)22-13(14)16/h7-8,10,13,15H,3-6H2,1-2H3,(H,18,19)/t10?,13-,14?/m1/s1. The second-order valence-electron chi connectivity index (χ2n) is 5.24. The molecule has 22 heavy (non-hydrogen) atoms. The Hall–Kier alpha value is -1.38. The number of rotatable bonds is 8. The van der Waals surface area contributed by atoms with E-state index in [0.29, 0.717) is 12.8 Å². The summed E-state index contributed by atoms with van der Waals surface area (Å²) in [6, 6.07) is 0. The molecule has 0 saturated carbocycles. The predicted molar refractivity (Wildman–Crippen MR) is 81.1 cm³/mol. The highest BCUT2D eigenvalue weighted by Gasteiger charge is 2.64. The molecule has 8 heteroatoms. The molecule has 7 nitrogen and oxygen atoms in total. The number of unbranched alkanes of at least 4 members (excludes halogenated alkanes) is 2. The van der Waals surface area contributed by atoms with Crippen LogP contribution < -0.4 is 5.32 Å². The van der Waals surface area contributed by atoms with Crippen LogP contribution in [0.1, 0.15) is 26.2 Å². The number of hydrogen-bond donors (Lipinski definition) is 2. The van der Waals surface area contributed by atoms with Crippen LogP contribution in [0.4, 0.5) is 0 Å². The minimum atomic E-state index is -1.21. The normalized spacial score (nSPS) is 30.4. The maximum Gasteiger partial charge on any atom is 0.321 e. The summed E-state index contributed by atoms with van der Waals surface area (Å²) in [5.74, 6) is -1.40. The average Bonchev–Trinajstić information content (AvgIpc) is 2.53.